The van der Waals surface area contributed by atoms with Crippen molar-refractivity contribution in [2.45, 2.75) is 6.92 Å². The molecule has 0 unspecified atom stereocenters. The molecule has 0 bridgehead atoms. The fourth-order valence-corrected chi connectivity index (χ4v) is 5.91. The highest BCUT2D eigenvalue weighted by Gasteiger charge is 2.16. The molecule has 3 aromatic heterocycles. The molecule has 0 saturated heterocycles. The van der Waals surface area contributed by atoms with Crippen LogP contribution in [0.25, 0.3) is 59.2 Å². The molecule has 3 heterocycles. The Morgan fingerprint density at radius 3 is 2.27 bits per heavy atom. The predicted octanol–water partition coefficient (Wildman–Crippen LogP) is 7.92. The molecule has 0 N–H and O–H groups in total. The van der Waals surface area contributed by atoms with E-state index in [1.165, 1.54) is 36.6 Å². The van der Waals surface area contributed by atoms with Crippen molar-refractivity contribution in [3.8, 4) is 17.1 Å². The largest absolute Gasteiger partial charge is 0.309 e. The van der Waals surface area contributed by atoms with Crippen molar-refractivity contribution in [2.75, 3.05) is 0 Å². The first-order chi connectivity index (χ1) is 16.3. The number of aromatic nitrogens is 3. The summed E-state index contributed by atoms with van der Waals surface area (Å²) in [6.45, 7) is 2.09. The van der Waals surface area contributed by atoms with Gasteiger partial charge < -0.3 is 4.57 Å². The second-order valence-corrected chi connectivity index (χ2v) is 9.38. The third kappa shape index (κ3) is 2.74. The van der Waals surface area contributed by atoms with Gasteiger partial charge in [-0.05, 0) is 49.4 Å². The average molecular weight is 442 g/mol. The summed E-state index contributed by atoms with van der Waals surface area (Å²) in [4.78, 5) is 9.95. The lowest BCUT2D eigenvalue weighted by Crippen LogP contribution is -1.94. The van der Waals surface area contributed by atoms with Crippen LogP contribution in [0.4, 0.5) is 0 Å². The maximum atomic E-state index is 5.04. The number of aryl methyl sites for hydroxylation is 1. The van der Waals surface area contributed by atoms with Gasteiger partial charge >= 0.3 is 0 Å². The fraction of sp³-hybridized carbons (Fsp3) is 0.0345. The highest BCUT2D eigenvalue weighted by atomic mass is 32.1. The Balaban J connectivity index is 1.51. The van der Waals surface area contributed by atoms with Crippen LogP contribution >= 0.6 is 11.3 Å². The summed E-state index contributed by atoms with van der Waals surface area (Å²) in [5.41, 5.74) is 6.67. The van der Waals surface area contributed by atoms with E-state index in [1.54, 1.807) is 11.3 Å². The van der Waals surface area contributed by atoms with Gasteiger partial charge in [0.1, 0.15) is 0 Å². The second-order valence-electron chi connectivity index (χ2n) is 8.33. The van der Waals surface area contributed by atoms with Gasteiger partial charge in [-0.25, -0.2) is 9.97 Å². The number of nitrogens with zero attached hydrogens (tertiary/aromatic N) is 3. The molecule has 7 rings (SSSR count). The van der Waals surface area contributed by atoms with Gasteiger partial charge in [-0.15, -0.1) is 11.3 Å². The first-order valence-electron chi connectivity index (χ1n) is 11.0. The van der Waals surface area contributed by atoms with Crippen LogP contribution in [0.5, 0.6) is 0 Å². The smallest absolute Gasteiger partial charge is 0.160 e. The second kappa shape index (κ2) is 6.99. The monoisotopic (exact) mass is 441 g/mol. The SMILES string of the molecule is Cc1nc(-c2ccc3c(c2)c2ccccc2n3-c2ccccc2)nc2c1sc1ccccc12. The number of hydrogen-bond donors (Lipinski definition) is 0. The number of rotatable bonds is 2. The quantitative estimate of drug-likeness (QED) is 0.273. The number of para-hydroxylation sites is 2. The van der Waals surface area contributed by atoms with E-state index in [1.807, 2.05) is 0 Å². The number of benzene rings is 4. The normalized spacial score (nSPS) is 11.8. The maximum Gasteiger partial charge on any atom is 0.160 e. The van der Waals surface area contributed by atoms with Crippen LogP contribution in [0.3, 0.4) is 0 Å². The van der Waals surface area contributed by atoms with Crippen molar-refractivity contribution in [1.82, 2.24) is 14.5 Å². The minimum atomic E-state index is 0.780. The summed E-state index contributed by atoms with van der Waals surface area (Å²) < 4.78 is 4.75. The molecular formula is C29H19N3S. The summed E-state index contributed by atoms with van der Waals surface area (Å²) in [6, 6.07) is 34.2. The molecular weight excluding hydrogens is 422 g/mol. The van der Waals surface area contributed by atoms with Crippen LogP contribution in [0.15, 0.2) is 97.1 Å². The Morgan fingerprint density at radius 2 is 1.39 bits per heavy atom. The minimum absolute atomic E-state index is 0.780. The number of hydrogen-bond acceptors (Lipinski definition) is 3. The molecule has 4 aromatic carbocycles. The molecule has 0 amide bonds. The third-order valence-corrected chi connectivity index (χ3v) is 7.60. The van der Waals surface area contributed by atoms with E-state index in [0.29, 0.717) is 0 Å². The summed E-state index contributed by atoms with van der Waals surface area (Å²) >= 11 is 1.77. The Hall–Kier alpha value is -4.02. The van der Waals surface area contributed by atoms with Gasteiger partial charge in [-0.1, -0.05) is 54.6 Å². The van der Waals surface area contributed by atoms with Gasteiger partial charge in [0, 0.05) is 32.1 Å². The summed E-state index contributed by atoms with van der Waals surface area (Å²) in [5.74, 6) is 0.780. The molecule has 33 heavy (non-hydrogen) atoms. The van der Waals surface area contributed by atoms with Crippen LogP contribution in [0, 0.1) is 6.92 Å². The van der Waals surface area contributed by atoms with Crippen LogP contribution in [-0.4, -0.2) is 14.5 Å². The van der Waals surface area contributed by atoms with Crippen molar-refractivity contribution in [1.29, 1.82) is 0 Å². The zero-order valence-corrected chi connectivity index (χ0v) is 18.8. The van der Waals surface area contributed by atoms with Crippen LogP contribution in [0.2, 0.25) is 0 Å². The topological polar surface area (TPSA) is 30.7 Å². The molecule has 0 atom stereocenters. The molecule has 3 nitrogen and oxygen atoms in total. The zero-order valence-electron chi connectivity index (χ0n) is 18.0. The van der Waals surface area contributed by atoms with E-state index in [-0.39, 0.29) is 0 Å². The standard InChI is InChI=1S/C29H19N3S/c1-18-28-27(22-12-6-8-14-26(22)33-28)31-29(30-18)19-15-16-25-23(17-19)21-11-5-7-13-24(21)32(25)20-9-3-2-4-10-20/h2-17H,1H3. The summed E-state index contributed by atoms with van der Waals surface area (Å²) in [6.07, 6.45) is 0. The molecule has 0 radical (unpaired) electrons. The van der Waals surface area contributed by atoms with E-state index in [0.717, 1.165) is 28.3 Å². The summed E-state index contributed by atoms with van der Waals surface area (Å²) in [5, 5.41) is 3.64. The highest BCUT2D eigenvalue weighted by Crippen LogP contribution is 2.37. The Morgan fingerprint density at radius 1 is 0.667 bits per heavy atom. The van der Waals surface area contributed by atoms with Crippen molar-refractivity contribution in [2.24, 2.45) is 0 Å². The molecule has 0 fully saturated rings. The Bertz CT molecular complexity index is 1830. The molecule has 0 aliphatic rings. The molecule has 0 saturated carbocycles. The maximum absolute atomic E-state index is 5.04. The lowest BCUT2D eigenvalue weighted by molar-refractivity contribution is 1.17. The van der Waals surface area contributed by atoms with Gasteiger partial charge in [0.05, 0.1) is 26.9 Å². The van der Waals surface area contributed by atoms with Crippen LogP contribution < -0.4 is 0 Å². The Kier molecular flexibility index (Phi) is 3.93. The zero-order chi connectivity index (χ0) is 21.9. The van der Waals surface area contributed by atoms with Crippen molar-refractivity contribution in [3.05, 3.63) is 103 Å². The van der Waals surface area contributed by atoms with Gasteiger partial charge in [0.25, 0.3) is 0 Å². The highest BCUT2D eigenvalue weighted by molar-refractivity contribution is 7.25. The van der Waals surface area contributed by atoms with E-state index in [9.17, 15) is 0 Å². The molecule has 0 spiro atoms. The van der Waals surface area contributed by atoms with Crippen molar-refractivity contribution in [3.63, 3.8) is 0 Å². The number of fused-ring (bicyclic) bond motifs is 6. The molecule has 4 heteroatoms. The first-order valence-corrected chi connectivity index (χ1v) is 11.8. The van der Waals surface area contributed by atoms with Crippen LogP contribution in [-0.2, 0) is 0 Å². The van der Waals surface area contributed by atoms with Crippen LogP contribution in [0.1, 0.15) is 5.69 Å². The van der Waals surface area contributed by atoms with Crippen molar-refractivity contribution >= 4 is 53.4 Å². The van der Waals surface area contributed by atoms with Gasteiger partial charge in [0.15, 0.2) is 5.82 Å². The average Bonchev–Trinajstić information content (AvgIpc) is 3.40. The van der Waals surface area contributed by atoms with E-state index < -0.39 is 0 Å². The molecule has 0 aliphatic carbocycles. The molecule has 156 valence electrons. The van der Waals surface area contributed by atoms with Gasteiger partial charge in [0.2, 0.25) is 0 Å². The van der Waals surface area contributed by atoms with E-state index in [4.69, 9.17) is 9.97 Å². The van der Waals surface area contributed by atoms with Crippen molar-refractivity contribution < 1.29 is 0 Å². The van der Waals surface area contributed by atoms with E-state index in [2.05, 4.69) is 109 Å². The third-order valence-electron chi connectivity index (χ3n) is 6.33. The fourth-order valence-electron chi connectivity index (χ4n) is 4.82. The van der Waals surface area contributed by atoms with Gasteiger partial charge in [-0.3, -0.25) is 0 Å². The molecule has 7 aromatic rings. The molecule has 0 aliphatic heterocycles. The number of thiophene rings is 1. The lowest BCUT2D eigenvalue weighted by Gasteiger charge is -2.08. The Labute approximate surface area is 194 Å². The van der Waals surface area contributed by atoms with E-state index >= 15 is 0 Å². The van der Waals surface area contributed by atoms with Gasteiger partial charge in [-0.2, -0.15) is 0 Å². The first kappa shape index (κ1) is 18.5. The summed E-state index contributed by atoms with van der Waals surface area (Å²) in [7, 11) is 0. The predicted molar refractivity (Wildman–Crippen MR) is 139 cm³/mol. The lowest BCUT2D eigenvalue weighted by atomic mass is 10.1. The minimum Gasteiger partial charge on any atom is -0.309 e.